The highest BCUT2D eigenvalue weighted by molar-refractivity contribution is 7.89. The Bertz CT molecular complexity index is 673. The molecule has 1 aromatic carbocycles. The standard InChI is InChI=1S/C17H23NO4S/c1-3-9-23(19,20)18-14-8-7-13(10-14)17(18)12-22-16-6-4-5-15(11-16)21-2/h3-6,11,13-14,17H,1,7-10,12H2,2H3/t13-,14-,17+/m0/s1. The van der Waals surface area contributed by atoms with Crippen molar-refractivity contribution < 1.29 is 17.9 Å². The van der Waals surface area contributed by atoms with Gasteiger partial charge >= 0.3 is 0 Å². The first-order valence-corrected chi connectivity index (χ1v) is 9.55. The van der Waals surface area contributed by atoms with Gasteiger partial charge in [0, 0.05) is 12.1 Å². The molecule has 6 heteroatoms. The summed E-state index contributed by atoms with van der Waals surface area (Å²) in [6.45, 7) is 3.95. The first-order valence-electron chi connectivity index (χ1n) is 7.94. The number of nitrogens with zero attached hydrogens (tertiary/aromatic N) is 1. The maximum absolute atomic E-state index is 12.5. The molecule has 0 N–H and O–H groups in total. The lowest BCUT2D eigenvalue weighted by Crippen LogP contribution is -2.48. The predicted octanol–water partition coefficient (Wildman–Crippen LogP) is 2.44. The van der Waals surface area contributed by atoms with Crippen molar-refractivity contribution in [2.45, 2.75) is 31.3 Å². The fourth-order valence-electron chi connectivity index (χ4n) is 3.80. The molecule has 1 aliphatic carbocycles. The Labute approximate surface area is 137 Å². The number of sulfonamides is 1. The van der Waals surface area contributed by atoms with Gasteiger partial charge in [-0.05, 0) is 37.3 Å². The molecule has 1 saturated carbocycles. The van der Waals surface area contributed by atoms with Gasteiger partial charge in [0.1, 0.15) is 18.1 Å². The maximum Gasteiger partial charge on any atom is 0.218 e. The Morgan fingerprint density at radius 3 is 2.87 bits per heavy atom. The SMILES string of the molecule is C=CCS(=O)(=O)N1[C@H]2CC[C@@H](C2)[C@H]1COc1cccc(OC)c1. The van der Waals surface area contributed by atoms with E-state index < -0.39 is 10.0 Å². The zero-order chi connectivity index (χ0) is 16.4. The summed E-state index contributed by atoms with van der Waals surface area (Å²) in [5, 5.41) is 0. The van der Waals surface area contributed by atoms with E-state index in [1.165, 1.54) is 6.08 Å². The third-order valence-corrected chi connectivity index (χ3v) is 6.66. The third-order valence-electron chi connectivity index (χ3n) is 4.79. The van der Waals surface area contributed by atoms with Gasteiger partial charge < -0.3 is 9.47 Å². The summed E-state index contributed by atoms with van der Waals surface area (Å²) >= 11 is 0. The molecule has 3 rings (SSSR count). The van der Waals surface area contributed by atoms with Gasteiger partial charge in [0.25, 0.3) is 0 Å². The molecule has 2 fully saturated rings. The zero-order valence-electron chi connectivity index (χ0n) is 13.3. The summed E-state index contributed by atoms with van der Waals surface area (Å²) in [6.07, 6.45) is 4.44. The fraction of sp³-hybridized carbons (Fsp3) is 0.529. The van der Waals surface area contributed by atoms with E-state index in [4.69, 9.17) is 9.47 Å². The van der Waals surface area contributed by atoms with E-state index in [-0.39, 0.29) is 17.8 Å². The van der Waals surface area contributed by atoms with Crippen LogP contribution in [-0.4, -0.2) is 44.3 Å². The molecule has 126 valence electrons. The van der Waals surface area contributed by atoms with Gasteiger partial charge in [-0.3, -0.25) is 0 Å². The Hall–Kier alpha value is -1.53. The zero-order valence-corrected chi connectivity index (χ0v) is 14.2. The van der Waals surface area contributed by atoms with Crippen LogP contribution >= 0.6 is 0 Å². The molecular formula is C17H23NO4S. The number of hydrogen-bond acceptors (Lipinski definition) is 4. The largest absolute Gasteiger partial charge is 0.497 e. The highest BCUT2D eigenvalue weighted by atomic mass is 32.2. The molecule has 0 spiro atoms. The van der Waals surface area contributed by atoms with Gasteiger partial charge in [0.2, 0.25) is 10.0 Å². The molecule has 0 unspecified atom stereocenters. The molecule has 2 bridgehead atoms. The lowest BCUT2D eigenvalue weighted by molar-refractivity contribution is 0.162. The van der Waals surface area contributed by atoms with Crippen LogP contribution in [0.3, 0.4) is 0 Å². The van der Waals surface area contributed by atoms with Crippen molar-refractivity contribution in [2.75, 3.05) is 19.5 Å². The second-order valence-corrected chi connectivity index (χ2v) is 8.10. The van der Waals surface area contributed by atoms with Crippen molar-refractivity contribution in [3.8, 4) is 11.5 Å². The Kier molecular flexibility index (Phi) is 4.64. The van der Waals surface area contributed by atoms with Crippen molar-refractivity contribution in [1.82, 2.24) is 4.31 Å². The number of piperidine rings is 1. The topological polar surface area (TPSA) is 55.8 Å². The molecule has 3 atom stereocenters. The summed E-state index contributed by atoms with van der Waals surface area (Å²) in [7, 11) is -1.69. The van der Waals surface area contributed by atoms with Crippen molar-refractivity contribution in [1.29, 1.82) is 0 Å². The summed E-state index contributed by atoms with van der Waals surface area (Å²) < 4.78 is 37.8. The van der Waals surface area contributed by atoms with Crippen molar-refractivity contribution >= 4 is 10.0 Å². The second kappa shape index (κ2) is 6.53. The summed E-state index contributed by atoms with van der Waals surface area (Å²) in [5.74, 6) is 1.82. The Morgan fingerprint density at radius 2 is 2.13 bits per heavy atom. The monoisotopic (exact) mass is 337 g/mol. The van der Waals surface area contributed by atoms with Crippen LogP contribution in [0.4, 0.5) is 0 Å². The molecule has 0 radical (unpaired) electrons. The van der Waals surface area contributed by atoms with Crippen LogP contribution in [0, 0.1) is 5.92 Å². The van der Waals surface area contributed by atoms with Crippen LogP contribution < -0.4 is 9.47 Å². The van der Waals surface area contributed by atoms with Crippen LogP contribution in [0.25, 0.3) is 0 Å². The molecular weight excluding hydrogens is 314 g/mol. The summed E-state index contributed by atoms with van der Waals surface area (Å²) in [5.41, 5.74) is 0. The highest BCUT2D eigenvalue weighted by Gasteiger charge is 2.50. The molecule has 1 heterocycles. The minimum atomic E-state index is -3.30. The number of methoxy groups -OCH3 is 1. The van der Waals surface area contributed by atoms with Gasteiger partial charge in [-0.2, -0.15) is 4.31 Å². The van der Waals surface area contributed by atoms with E-state index in [0.717, 1.165) is 25.0 Å². The van der Waals surface area contributed by atoms with Crippen LogP contribution in [0.15, 0.2) is 36.9 Å². The average Bonchev–Trinajstić information content (AvgIpc) is 3.14. The van der Waals surface area contributed by atoms with Crippen LogP contribution in [0.2, 0.25) is 0 Å². The van der Waals surface area contributed by atoms with Crippen molar-refractivity contribution in [3.05, 3.63) is 36.9 Å². The van der Waals surface area contributed by atoms with Gasteiger partial charge in [-0.15, -0.1) is 6.58 Å². The van der Waals surface area contributed by atoms with E-state index >= 15 is 0 Å². The molecule has 1 saturated heterocycles. The first kappa shape index (κ1) is 16.3. The number of benzene rings is 1. The Morgan fingerprint density at radius 1 is 1.35 bits per heavy atom. The number of ether oxygens (including phenoxy) is 2. The number of fused-ring (bicyclic) bond motifs is 2. The molecule has 0 amide bonds. The van der Waals surface area contributed by atoms with Crippen LogP contribution in [0.1, 0.15) is 19.3 Å². The summed E-state index contributed by atoms with van der Waals surface area (Å²) in [4.78, 5) is 0. The van der Waals surface area contributed by atoms with Gasteiger partial charge in [0.05, 0.1) is 18.9 Å². The van der Waals surface area contributed by atoms with Crippen molar-refractivity contribution in [2.24, 2.45) is 5.92 Å². The normalized spacial score (nSPS) is 27.1. The molecule has 5 nitrogen and oxygen atoms in total. The van der Waals surface area contributed by atoms with E-state index in [0.29, 0.717) is 18.3 Å². The first-order chi connectivity index (χ1) is 11.0. The molecule has 23 heavy (non-hydrogen) atoms. The minimum Gasteiger partial charge on any atom is -0.497 e. The minimum absolute atomic E-state index is 0.00806. The lowest BCUT2D eigenvalue weighted by atomic mass is 10.0. The molecule has 1 aromatic rings. The lowest BCUT2D eigenvalue weighted by Gasteiger charge is -2.33. The molecule has 2 aliphatic rings. The quantitative estimate of drug-likeness (QED) is 0.717. The Balaban J connectivity index is 1.73. The smallest absolute Gasteiger partial charge is 0.218 e. The fourth-order valence-corrected chi connectivity index (χ4v) is 5.56. The number of hydrogen-bond donors (Lipinski definition) is 0. The van der Waals surface area contributed by atoms with E-state index in [1.54, 1.807) is 11.4 Å². The predicted molar refractivity (Wildman–Crippen MR) is 89.2 cm³/mol. The van der Waals surface area contributed by atoms with Gasteiger partial charge in [-0.25, -0.2) is 8.42 Å². The number of rotatable bonds is 7. The van der Waals surface area contributed by atoms with E-state index in [1.807, 2.05) is 24.3 Å². The van der Waals surface area contributed by atoms with Crippen molar-refractivity contribution in [3.63, 3.8) is 0 Å². The van der Waals surface area contributed by atoms with Crippen LogP contribution in [-0.2, 0) is 10.0 Å². The third kappa shape index (κ3) is 3.23. The summed E-state index contributed by atoms with van der Waals surface area (Å²) in [6, 6.07) is 7.44. The molecule has 0 aromatic heterocycles. The maximum atomic E-state index is 12.5. The van der Waals surface area contributed by atoms with Gasteiger partial charge in [-0.1, -0.05) is 12.1 Å². The van der Waals surface area contributed by atoms with Crippen LogP contribution in [0.5, 0.6) is 11.5 Å². The molecule has 1 aliphatic heterocycles. The average molecular weight is 337 g/mol. The van der Waals surface area contributed by atoms with E-state index in [2.05, 4.69) is 6.58 Å². The second-order valence-electron chi connectivity index (χ2n) is 6.18. The van der Waals surface area contributed by atoms with Gasteiger partial charge in [0.15, 0.2) is 0 Å². The van der Waals surface area contributed by atoms with E-state index in [9.17, 15) is 8.42 Å². The highest BCUT2D eigenvalue weighted by Crippen LogP contribution is 2.44.